The number of halogens is 1. The third kappa shape index (κ3) is 2.07. The highest BCUT2D eigenvalue weighted by atomic mass is 79.9. The summed E-state index contributed by atoms with van der Waals surface area (Å²) >= 11 is 3.40. The smallest absolute Gasteiger partial charge is 0.238 e. The van der Waals surface area contributed by atoms with E-state index in [4.69, 9.17) is 0 Å². The molecule has 1 amide bonds. The number of rotatable bonds is 1. The number of nitrogens with zero attached hydrogens (tertiary/aromatic N) is 1. The minimum absolute atomic E-state index is 0.143. The summed E-state index contributed by atoms with van der Waals surface area (Å²) in [6.45, 7) is 5.31. The van der Waals surface area contributed by atoms with Crippen LogP contribution >= 0.6 is 15.9 Å². The van der Waals surface area contributed by atoms with Crippen molar-refractivity contribution in [2.24, 2.45) is 11.8 Å². The number of hydrogen-bond donors (Lipinski definition) is 1. The Labute approximate surface area is 99.0 Å². The van der Waals surface area contributed by atoms with Crippen LogP contribution in [-0.4, -0.2) is 39.4 Å². The molecule has 2 rings (SSSR count). The molecule has 86 valence electrons. The Morgan fingerprint density at radius 1 is 1.40 bits per heavy atom. The molecule has 2 aliphatic rings. The van der Waals surface area contributed by atoms with E-state index in [9.17, 15) is 9.90 Å². The zero-order valence-electron chi connectivity index (χ0n) is 9.24. The topological polar surface area (TPSA) is 40.5 Å². The van der Waals surface area contributed by atoms with Gasteiger partial charge in [0, 0.05) is 19.0 Å². The third-order valence-corrected chi connectivity index (χ3v) is 3.95. The molecule has 3 unspecified atom stereocenters. The maximum atomic E-state index is 12.0. The lowest BCUT2D eigenvalue weighted by Gasteiger charge is -2.25. The van der Waals surface area contributed by atoms with E-state index in [1.54, 1.807) is 0 Å². The van der Waals surface area contributed by atoms with Gasteiger partial charge in [-0.05, 0) is 32.6 Å². The van der Waals surface area contributed by atoms with Crippen molar-refractivity contribution in [3.05, 3.63) is 0 Å². The Morgan fingerprint density at radius 2 is 2.07 bits per heavy atom. The van der Waals surface area contributed by atoms with Gasteiger partial charge in [-0.2, -0.15) is 0 Å². The van der Waals surface area contributed by atoms with Crippen molar-refractivity contribution < 1.29 is 9.90 Å². The predicted octanol–water partition coefficient (Wildman–Crippen LogP) is 1.39. The van der Waals surface area contributed by atoms with Crippen molar-refractivity contribution in [3.8, 4) is 0 Å². The fraction of sp³-hybridized carbons (Fsp3) is 0.909. The fourth-order valence-electron chi connectivity index (χ4n) is 2.78. The third-order valence-electron chi connectivity index (χ3n) is 3.61. The second-order valence-corrected chi connectivity index (χ2v) is 7.23. The zero-order valence-corrected chi connectivity index (χ0v) is 10.8. The summed E-state index contributed by atoms with van der Waals surface area (Å²) in [5.41, 5.74) is 0. The Morgan fingerprint density at radius 3 is 2.60 bits per heavy atom. The van der Waals surface area contributed by atoms with Gasteiger partial charge in [0.05, 0.1) is 10.4 Å². The van der Waals surface area contributed by atoms with Gasteiger partial charge in [-0.3, -0.25) is 4.79 Å². The molecule has 4 heteroatoms. The lowest BCUT2D eigenvalue weighted by Crippen LogP contribution is -2.41. The number of amides is 1. The molecule has 1 heterocycles. The summed E-state index contributed by atoms with van der Waals surface area (Å²) in [5, 5.41) is 9.75. The number of hydrogen-bond acceptors (Lipinski definition) is 2. The molecule has 1 N–H and O–H groups in total. The van der Waals surface area contributed by atoms with Crippen LogP contribution in [0.3, 0.4) is 0 Å². The predicted molar refractivity (Wildman–Crippen MR) is 61.8 cm³/mol. The molecule has 0 bridgehead atoms. The highest BCUT2D eigenvalue weighted by Gasteiger charge is 2.45. The van der Waals surface area contributed by atoms with E-state index in [1.165, 1.54) is 0 Å². The highest BCUT2D eigenvalue weighted by Crippen LogP contribution is 2.39. The van der Waals surface area contributed by atoms with Gasteiger partial charge in [0.15, 0.2) is 0 Å². The average Bonchev–Trinajstić information content (AvgIpc) is 2.66. The van der Waals surface area contributed by atoms with Crippen molar-refractivity contribution in [2.75, 3.05) is 13.1 Å². The zero-order chi connectivity index (χ0) is 11.2. The maximum Gasteiger partial charge on any atom is 0.238 e. The lowest BCUT2D eigenvalue weighted by atomic mass is 10.00. The van der Waals surface area contributed by atoms with Crippen LogP contribution in [0.1, 0.15) is 26.7 Å². The van der Waals surface area contributed by atoms with Crippen LogP contribution in [-0.2, 0) is 4.79 Å². The molecule has 1 aliphatic carbocycles. The second kappa shape index (κ2) is 3.74. The van der Waals surface area contributed by atoms with Crippen molar-refractivity contribution in [1.82, 2.24) is 4.90 Å². The Kier molecular flexibility index (Phi) is 2.84. The summed E-state index contributed by atoms with van der Waals surface area (Å²) in [6, 6.07) is 0. The molecule has 0 aromatic carbocycles. The Hall–Kier alpha value is -0.0900. The van der Waals surface area contributed by atoms with Gasteiger partial charge in [0.25, 0.3) is 0 Å². The first kappa shape index (κ1) is 11.4. The first-order chi connectivity index (χ1) is 6.89. The molecule has 0 radical (unpaired) electrons. The van der Waals surface area contributed by atoms with Crippen LogP contribution in [0.2, 0.25) is 0 Å². The van der Waals surface area contributed by atoms with Gasteiger partial charge in [-0.25, -0.2) is 0 Å². The Balaban J connectivity index is 2.02. The van der Waals surface area contributed by atoms with E-state index in [0.29, 0.717) is 11.8 Å². The molecule has 3 atom stereocenters. The van der Waals surface area contributed by atoms with Gasteiger partial charge in [0.2, 0.25) is 5.91 Å². The second-order valence-electron chi connectivity index (χ2n) is 5.25. The molecule has 1 saturated heterocycles. The van der Waals surface area contributed by atoms with Crippen LogP contribution in [0.25, 0.3) is 0 Å². The fourth-order valence-corrected chi connectivity index (χ4v) is 3.03. The summed E-state index contributed by atoms with van der Waals surface area (Å²) in [5.74, 6) is 0.992. The SMILES string of the molecule is CC(C)(Br)C(=O)N1CC2CCC(O)C2C1. The highest BCUT2D eigenvalue weighted by molar-refractivity contribution is 9.10. The van der Waals surface area contributed by atoms with Crippen molar-refractivity contribution in [1.29, 1.82) is 0 Å². The summed E-state index contributed by atoms with van der Waals surface area (Å²) < 4.78 is -0.476. The van der Waals surface area contributed by atoms with Crippen molar-refractivity contribution >= 4 is 21.8 Å². The molecule has 2 fully saturated rings. The van der Waals surface area contributed by atoms with E-state index in [1.807, 2.05) is 18.7 Å². The maximum absolute atomic E-state index is 12.0. The number of likely N-dealkylation sites (tertiary alicyclic amines) is 1. The van der Waals surface area contributed by atoms with Crippen LogP contribution in [0.4, 0.5) is 0 Å². The lowest BCUT2D eigenvalue weighted by molar-refractivity contribution is -0.132. The van der Waals surface area contributed by atoms with Gasteiger partial charge in [-0.1, -0.05) is 15.9 Å². The molecule has 1 saturated carbocycles. The van der Waals surface area contributed by atoms with Gasteiger partial charge in [0.1, 0.15) is 0 Å². The monoisotopic (exact) mass is 275 g/mol. The van der Waals surface area contributed by atoms with E-state index in [2.05, 4.69) is 15.9 Å². The minimum Gasteiger partial charge on any atom is -0.393 e. The van der Waals surface area contributed by atoms with Crippen molar-refractivity contribution in [2.45, 2.75) is 37.1 Å². The molecule has 3 nitrogen and oxygen atoms in total. The summed E-state index contributed by atoms with van der Waals surface area (Å²) in [4.78, 5) is 13.9. The molecule has 0 aromatic heterocycles. The number of aliphatic hydroxyl groups excluding tert-OH is 1. The normalized spacial score (nSPS) is 35.7. The van der Waals surface area contributed by atoms with E-state index >= 15 is 0 Å². The molecule has 1 aliphatic heterocycles. The number of aliphatic hydroxyl groups is 1. The molecule has 0 spiro atoms. The molecular weight excluding hydrogens is 258 g/mol. The van der Waals surface area contributed by atoms with E-state index in [0.717, 1.165) is 25.9 Å². The molecular formula is C11H18BrNO2. The van der Waals surface area contributed by atoms with E-state index in [-0.39, 0.29) is 12.0 Å². The number of alkyl halides is 1. The van der Waals surface area contributed by atoms with Crippen LogP contribution in [0.5, 0.6) is 0 Å². The standard InChI is InChI=1S/C11H18BrNO2/c1-11(2,12)10(15)13-5-7-3-4-9(14)8(7)6-13/h7-9,14H,3-6H2,1-2H3. The number of carbonyl (C=O) groups is 1. The van der Waals surface area contributed by atoms with Crippen LogP contribution in [0.15, 0.2) is 0 Å². The van der Waals surface area contributed by atoms with Crippen molar-refractivity contribution in [3.63, 3.8) is 0 Å². The molecule has 15 heavy (non-hydrogen) atoms. The van der Waals surface area contributed by atoms with Crippen LogP contribution < -0.4 is 0 Å². The van der Waals surface area contributed by atoms with E-state index < -0.39 is 4.32 Å². The first-order valence-electron chi connectivity index (χ1n) is 5.56. The van der Waals surface area contributed by atoms with Gasteiger partial charge >= 0.3 is 0 Å². The largest absolute Gasteiger partial charge is 0.393 e. The van der Waals surface area contributed by atoms with Crippen LogP contribution in [0, 0.1) is 11.8 Å². The first-order valence-corrected chi connectivity index (χ1v) is 6.35. The number of carbonyl (C=O) groups excluding carboxylic acids is 1. The Bertz CT molecular complexity index is 274. The quantitative estimate of drug-likeness (QED) is 0.735. The van der Waals surface area contributed by atoms with Gasteiger partial charge < -0.3 is 10.0 Å². The summed E-state index contributed by atoms with van der Waals surface area (Å²) in [6.07, 6.45) is 1.79. The molecule has 0 aromatic rings. The van der Waals surface area contributed by atoms with Gasteiger partial charge in [-0.15, -0.1) is 0 Å². The minimum atomic E-state index is -0.476. The summed E-state index contributed by atoms with van der Waals surface area (Å²) in [7, 11) is 0. The average molecular weight is 276 g/mol. The number of fused-ring (bicyclic) bond motifs is 1.